The lowest BCUT2D eigenvalue weighted by Gasteiger charge is -2.33. The molecule has 0 bridgehead atoms. The minimum atomic E-state index is -3.15. The summed E-state index contributed by atoms with van der Waals surface area (Å²) < 4.78 is 24.3. The number of nitrogens with zero attached hydrogens (tertiary/aromatic N) is 2. The highest BCUT2D eigenvalue weighted by Crippen LogP contribution is 2.13. The van der Waals surface area contributed by atoms with Crippen molar-refractivity contribution in [3.8, 4) is 0 Å². The van der Waals surface area contributed by atoms with Gasteiger partial charge in [-0.1, -0.05) is 18.2 Å². The van der Waals surface area contributed by atoms with Crippen LogP contribution in [0.4, 0.5) is 0 Å². The maximum absolute atomic E-state index is 12.3. The summed E-state index contributed by atoms with van der Waals surface area (Å²) in [6.07, 6.45) is 1.58. The average molecular weight is 310 g/mol. The average Bonchev–Trinajstić information content (AvgIpc) is 2.42. The Morgan fingerprint density at radius 3 is 2.24 bits per heavy atom. The third kappa shape index (κ3) is 4.04. The maximum atomic E-state index is 12.3. The minimum Gasteiger partial charge on any atom is -0.340 e. The van der Waals surface area contributed by atoms with E-state index in [-0.39, 0.29) is 5.91 Å². The molecule has 1 aliphatic rings. The molecule has 0 unspecified atom stereocenters. The summed E-state index contributed by atoms with van der Waals surface area (Å²) >= 11 is 0. The summed E-state index contributed by atoms with van der Waals surface area (Å²) in [5, 5.41) is 0. The molecule has 116 valence electrons. The fraction of sp³-hybridized carbons (Fsp3) is 0.533. The molecule has 0 radical (unpaired) electrons. The van der Waals surface area contributed by atoms with Crippen molar-refractivity contribution in [1.29, 1.82) is 0 Å². The molecule has 1 fully saturated rings. The zero-order chi connectivity index (χ0) is 15.6. The summed E-state index contributed by atoms with van der Waals surface area (Å²) in [7, 11) is -3.15. The molecule has 0 aromatic heterocycles. The molecular formula is C15H22N2O3S. The van der Waals surface area contributed by atoms with E-state index in [4.69, 9.17) is 0 Å². The number of piperazine rings is 1. The lowest BCUT2D eigenvalue weighted by Crippen LogP contribution is -2.50. The van der Waals surface area contributed by atoms with Gasteiger partial charge in [-0.3, -0.25) is 4.79 Å². The molecule has 0 atom stereocenters. The van der Waals surface area contributed by atoms with Gasteiger partial charge in [0.05, 0.1) is 12.7 Å². The molecular weight excluding hydrogens is 288 g/mol. The lowest BCUT2D eigenvalue weighted by molar-refractivity contribution is -0.131. The summed E-state index contributed by atoms with van der Waals surface area (Å²) in [5.74, 6) is 0.0615. The van der Waals surface area contributed by atoms with Crippen LogP contribution in [0.25, 0.3) is 0 Å². The second-order valence-corrected chi connectivity index (χ2v) is 7.62. The van der Waals surface area contributed by atoms with Crippen molar-refractivity contribution < 1.29 is 13.2 Å². The van der Waals surface area contributed by atoms with Crippen molar-refractivity contribution in [3.63, 3.8) is 0 Å². The highest BCUT2D eigenvalue weighted by Gasteiger charge is 2.25. The standard InChI is InChI=1S/C15H22N2O3S/c1-12-4-5-14(10-13(12)2)11-15(18)16-6-8-17(9-7-16)21(3,19)20/h4-5,10H,6-9,11H2,1-3H3. The first-order chi connectivity index (χ1) is 9.77. The molecule has 0 spiro atoms. The van der Waals surface area contributed by atoms with Crippen LogP contribution in [0.3, 0.4) is 0 Å². The number of amides is 1. The molecule has 1 aromatic carbocycles. The normalized spacial score (nSPS) is 17.0. The van der Waals surface area contributed by atoms with E-state index in [9.17, 15) is 13.2 Å². The van der Waals surface area contributed by atoms with E-state index in [0.717, 1.165) is 5.56 Å². The lowest BCUT2D eigenvalue weighted by atomic mass is 10.0. The highest BCUT2D eigenvalue weighted by atomic mass is 32.2. The van der Waals surface area contributed by atoms with E-state index in [1.165, 1.54) is 21.7 Å². The largest absolute Gasteiger partial charge is 0.340 e. The predicted molar refractivity (Wildman–Crippen MR) is 82.6 cm³/mol. The van der Waals surface area contributed by atoms with Crippen LogP contribution in [-0.4, -0.2) is 56.0 Å². The van der Waals surface area contributed by atoms with Crippen molar-refractivity contribution in [3.05, 3.63) is 34.9 Å². The number of carbonyl (C=O) groups is 1. The molecule has 0 aliphatic carbocycles. The summed E-state index contributed by atoms with van der Waals surface area (Å²) in [6, 6.07) is 6.05. The molecule has 21 heavy (non-hydrogen) atoms. The number of sulfonamides is 1. The molecule has 6 heteroatoms. The monoisotopic (exact) mass is 310 g/mol. The second kappa shape index (κ2) is 6.15. The third-order valence-corrected chi connectivity index (χ3v) is 5.29. The summed E-state index contributed by atoms with van der Waals surface area (Å²) in [5.41, 5.74) is 3.41. The van der Waals surface area contributed by atoms with Crippen LogP contribution < -0.4 is 0 Å². The first-order valence-corrected chi connectivity index (χ1v) is 8.91. The van der Waals surface area contributed by atoms with Gasteiger partial charge >= 0.3 is 0 Å². The van der Waals surface area contributed by atoms with E-state index in [0.29, 0.717) is 32.6 Å². The molecule has 1 saturated heterocycles. The van der Waals surface area contributed by atoms with E-state index >= 15 is 0 Å². The van der Waals surface area contributed by atoms with E-state index in [2.05, 4.69) is 0 Å². The number of carbonyl (C=O) groups excluding carboxylic acids is 1. The van der Waals surface area contributed by atoms with Crippen LogP contribution >= 0.6 is 0 Å². The Labute approximate surface area is 126 Å². The fourth-order valence-electron chi connectivity index (χ4n) is 2.47. The van der Waals surface area contributed by atoms with E-state index < -0.39 is 10.0 Å². The van der Waals surface area contributed by atoms with Gasteiger partial charge in [-0.15, -0.1) is 0 Å². The molecule has 1 aliphatic heterocycles. The molecule has 2 rings (SSSR count). The number of aryl methyl sites for hydroxylation is 2. The predicted octanol–water partition coefficient (Wildman–Crippen LogP) is 0.950. The van der Waals surface area contributed by atoms with Crippen LogP contribution in [0, 0.1) is 13.8 Å². The molecule has 1 amide bonds. The van der Waals surface area contributed by atoms with Gasteiger partial charge in [0, 0.05) is 26.2 Å². The minimum absolute atomic E-state index is 0.0615. The third-order valence-electron chi connectivity index (χ3n) is 3.99. The van der Waals surface area contributed by atoms with Crippen molar-refractivity contribution in [2.24, 2.45) is 0 Å². The van der Waals surface area contributed by atoms with Gasteiger partial charge in [0.25, 0.3) is 0 Å². The first kappa shape index (κ1) is 16.0. The zero-order valence-electron chi connectivity index (χ0n) is 12.8. The Morgan fingerprint density at radius 2 is 1.71 bits per heavy atom. The number of benzene rings is 1. The second-order valence-electron chi connectivity index (χ2n) is 5.64. The van der Waals surface area contributed by atoms with Gasteiger partial charge in [-0.05, 0) is 30.5 Å². The molecule has 0 N–H and O–H groups in total. The molecule has 1 heterocycles. The van der Waals surface area contributed by atoms with Crippen LogP contribution in [0.1, 0.15) is 16.7 Å². The Morgan fingerprint density at radius 1 is 1.10 bits per heavy atom. The van der Waals surface area contributed by atoms with Gasteiger partial charge in [0.1, 0.15) is 0 Å². The molecule has 1 aromatic rings. The van der Waals surface area contributed by atoms with Gasteiger partial charge < -0.3 is 4.90 Å². The first-order valence-electron chi connectivity index (χ1n) is 7.06. The quantitative estimate of drug-likeness (QED) is 0.835. The van der Waals surface area contributed by atoms with Crippen molar-refractivity contribution in [2.45, 2.75) is 20.3 Å². The van der Waals surface area contributed by atoms with Crippen LogP contribution in [0.5, 0.6) is 0 Å². The van der Waals surface area contributed by atoms with Crippen LogP contribution in [-0.2, 0) is 21.2 Å². The number of hydrogen-bond donors (Lipinski definition) is 0. The van der Waals surface area contributed by atoms with Crippen molar-refractivity contribution in [2.75, 3.05) is 32.4 Å². The fourth-order valence-corrected chi connectivity index (χ4v) is 3.30. The Bertz CT molecular complexity index is 632. The van der Waals surface area contributed by atoms with Gasteiger partial charge in [0.2, 0.25) is 15.9 Å². The number of rotatable bonds is 3. The zero-order valence-corrected chi connectivity index (χ0v) is 13.6. The van der Waals surface area contributed by atoms with Gasteiger partial charge in [-0.25, -0.2) is 8.42 Å². The maximum Gasteiger partial charge on any atom is 0.227 e. The Kier molecular flexibility index (Phi) is 4.68. The van der Waals surface area contributed by atoms with Crippen molar-refractivity contribution in [1.82, 2.24) is 9.21 Å². The van der Waals surface area contributed by atoms with Gasteiger partial charge in [0.15, 0.2) is 0 Å². The Balaban J connectivity index is 1.95. The summed E-state index contributed by atoms with van der Waals surface area (Å²) in [6.45, 7) is 5.79. The topological polar surface area (TPSA) is 57.7 Å². The smallest absolute Gasteiger partial charge is 0.227 e. The molecule has 5 nitrogen and oxygen atoms in total. The van der Waals surface area contributed by atoms with Crippen LogP contribution in [0.15, 0.2) is 18.2 Å². The number of hydrogen-bond acceptors (Lipinski definition) is 3. The van der Waals surface area contributed by atoms with E-state index in [1.54, 1.807) is 4.90 Å². The summed E-state index contributed by atoms with van der Waals surface area (Å²) in [4.78, 5) is 14.0. The van der Waals surface area contributed by atoms with E-state index in [1.807, 2.05) is 32.0 Å². The van der Waals surface area contributed by atoms with Crippen LogP contribution in [0.2, 0.25) is 0 Å². The molecule has 0 saturated carbocycles. The van der Waals surface area contributed by atoms with Gasteiger partial charge in [-0.2, -0.15) is 4.31 Å². The SMILES string of the molecule is Cc1ccc(CC(=O)N2CCN(S(C)(=O)=O)CC2)cc1C. The highest BCUT2D eigenvalue weighted by molar-refractivity contribution is 7.88. The Hall–Kier alpha value is -1.40. The van der Waals surface area contributed by atoms with Crippen molar-refractivity contribution >= 4 is 15.9 Å².